The Hall–Kier alpha value is -1.80. The number of nitrogens with zero attached hydrogens (tertiary/aromatic N) is 3. The molecule has 0 atom stereocenters. The van der Waals surface area contributed by atoms with E-state index >= 15 is 0 Å². The van der Waals surface area contributed by atoms with Gasteiger partial charge in [0, 0.05) is 66.2 Å². The van der Waals surface area contributed by atoms with Crippen LogP contribution in [0, 0.1) is 19.1 Å². The molecule has 0 N–H and O–H groups in total. The molecule has 0 aliphatic rings. The number of pyridine rings is 2. The van der Waals surface area contributed by atoms with E-state index < -0.39 is 0 Å². The van der Waals surface area contributed by atoms with Crippen LogP contribution in [0.1, 0.15) is 11.3 Å². The van der Waals surface area contributed by atoms with Gasteiger partial charge in [-0.2, -0.15) is 23.9 Å². The number of aryl methyl sites for hydroxylation is 1. The van der Waals surface area contributed by atoms with Gasteiger partial charge in [-0.15, -0.1) is 47.5 Å². The maximum absolute atomic E-state index is 4.22. The molecule has 0 fully saturated rings. The molecule has 1 radical (unpaired) electrons. The van der Waals surface area contributed by atoms with Gasteiger partial charge in [-0.05, 0) is 17.5 Å². The molecule has 0 saturated heterocycles. The molecule has 0 bridgehead atoms. The Labute approximate surface area is 211 Å². The van der Waals surface area contributed by atoms with Crippen LogP contribution in [0.3, 0.4) is 0 Å². The van der Waals surface area contributed by atoms with Gasteiger partial charge in [0.1, 0.15) is 0 Å². The molecule has 5 heteroatoms. The van der Waals surface area contributed by atoms with E-state index in [0.717, 1.165) is 28.2 Å². The fraction of sp³-hybridized carbons (Fsp3) is 0.0417. The molecule has 29 heavy (non-hydrogen) atoms. The van der Waals surface area contributed by atoms with Crippen LogP contribution < -0.4 is 0 Å². The first kappa shape index (κ1) is 25.2. The fourth-order valence-electron chi connectivity index (χ4n) is 2.24. The summed E-state index contributed by atoms with van der Waals surface area (Å²) in [5, 5.41) is 0. The van der Waals surface area contributed by atoms with Crippen molar-refractivity contribution in [3.8, 4) is 11.3 Å². The number of hydrogen-bond acceptors (Lipinski definition) is 3. The van der Waals surface area contributed by atoms with Gasteiger partial charge in [0.25, 0.3) is 0 Å². The topological polar surface area (TPSA) is 38.1 Å². The summed E-state index contributed by atoms with van der Waals surface area (Å²) < 4.78 is 0. The zero-order valence-electron chi connectivity index (χ0n) is 15.9. The van der Waals surface area contributed by atoms with Crippen molar-refractivity contribution in [2.75, 3.05) is 0 Å². The predicted molar refractivity (Wildman–Crippen MR) is 109 cm³/mol. The Morgan fingerprint density at radius 1 is 0.793 bits per heavy atom. The summed E-state index contributed by atoms with van der Waals surface area (Å²) in [6.45, 7) is 1.99. The molecular formula is C24H18N3PtY-3. The van der Waals surface area contributed by atoms with Crippen LogP contribution in [0.2, 0.25) is 0 Å². The maximum Gasteiger partial charge on any atom is 0.0239 e. The number of aliphatic imine (C=N–C) groups is 1. The quantitative estimate of drug-likeness (QED) is 0.226. The molecule has 3 nitrogen and oxygen atoms in total. The monoisotopic (exact) mass is 632 g/mol. The third-order valence-corrected chi connectivity index (χ3v) is 3.63. The zero-order chi connectivity index (χ0) is 18.7. The second-order valence-electron chi connectivity index (χ2n) is 5.63. The van der Waals surface area contributed by atoms with Crippen molar-refractivity contribution >= 4 is 11.9 Å². The fourth-order valence-corrected chi connectivity index (χ4v) is 2.24. The molecule has 0 spiro atoms. The van der Waals surface area contributed by atoms with E-state index in [1.165, 1.54) is 0 Å². The average molecular weight is 632 g/mol. The summed E-state index contributed by atoms with van der Waals surface area (Å²) in [7, 11) is 0. The van der Waals surface area contributed by atoms with Crippen molar-refractivity contribution in [2.45, 2.75) is 6.92 Å². The Bertz CT molecular complexity index is 941. The van der Waals surface area contributed by atoms with Crippen LogP contribution in [0.15, 0.2) is 96.2 Å². The van der Waals surface area contributed by atoms with E-state index in [9.17, 15) is 0 Å². The zero-order valence-corrected chi connectivity index (χ0v) is 21.0. The molecule has 4 aromatic rings. The van der Waals surface area contributed by atoms with Gasteiger partial charge in [-0.3, -0.25) is 4.98 Å². The van der Waals surface area contributed by atoms with E-state index in [1.807, 2.05) is 85.8 Å². The molecule has 0 saturated carbocycles. The number of rotatable bonds is 3. The summed E-state index contributed by atoms with van der Waals surface area (Å²) >= 11 is 0. The van der Waals surface area contributed by atoms with Crippen LogP contribution in [-0.2, 0) is 53.8 Å². The van der Waals surface area contributed by atoms with Crippen LogP contribution >= 0.6 is 0 Å². The Morgan fingerprint density at radius 2 is 1.52 bits per heavy atom. The Morgan fingerprint density at radius 3 is 2.14 bits per heavy atom. The first-order chi connectivity index (χ1) is 13.3. The Balaban J connectivity index is 0.000000277. The molecule has 145 valence electrons. The number of benzene rings is 2. The standard InChI is InChI=1S/C13H10N2.C11H8N.Pt.Y/c1-11-6-5-9-14-13(11)10-15-12-7-3-2-4-8-12;1-2-6-10(7-3-1)11-8-4-5-9-12-11;;/h2-7,9H,1H3;1-6,8-9H;;/q-2;-1;;. The normalized spacial score (nSPS) is 9.55. The molecule has 4 rings (SSSR count). The van der Waals surface area contributed by atoms with E-state index in [-0.39, 0.29) is 53.8 Å². The van der Waals surface area contributed by atoms with Crippen molar-refractivity contribution in [1.82, 2.24) is 9.97 Å². The third-order valence-electron chi connectivity index (χ3n) is 3.63. The van der Waals surface area contributed by atoms with Crippen LogP contribution in [0.4, 0.5) is 5.69 Å². The van der Waals surface area contributed by atoms with Crippen molar-refractivity contribution in [3.63, 3.8) is 0 Å². The molecular weight excluding hydrogens is 614 g/mol. The van der Waals surface area contributed by atoms with Gasteiger partial charge in [0.2, 0.25) is 0 Å². The van der Waals surface area contributed by atoms with E-state index in [1.54, 1.807) is 12.4 Å². The van der Waals surface area contributed by atoms with Crippen molar-refractivity contribution < 1.29 is 53.8 Å². The summed E-state index contributed by atoms with van der Waals surface area (Å²) in [6, 6.07) is 31.2. The summed E-state index contributed by atoms with van der Waals surface area (Å²) in [4.78, 5) is 12.6. The molecule has 2 aromatic heterocycles. The Kier molecular flexibility index (Phi) is 12.4. The average Bonchev–Trinajstić information content (AvgIpc) is 2.76. The van der Waals surface area contributed by atoms with Crippen LogP contribution in [-0.4, -0.2) is 16.2 Å². The second-order valence-corrected chi connectivity index (χ2v) is 5.63. The smallest absolute Gasteiger partial charge is 0.0239 e. The SMILES string of the molecule is Cc1cccnc1[C-]=Nc1[c-]cccc1.[Pt].[Y].[c-]1ccccc1-c1ccccn1. The van der Waals surface area contributed by atoms with Gasteiger partial charge in [-0.25, -0.2) is 12.1 Å². The van der Waals surface area contributed by atoms with Crippen LogP contribution in [0.5, 0.6) is 0 Å². The molecule has 0 aliphatic heterocycles. The van der Waals surface area contributed by atoms with E-state index in [2.05, 4.69) is 33.3 Å². The van der Waals surface area contributed by atoms with Gasteiger partial charge in [-0.1, -0.05) is 31.3 Å². The van der Waals surface area contributed by atoms with E-state index in [0.29, 0.717) is 0 Å². The molecule has 0 unspecified atom stereocenters. The summed E-state index contributed by atoms with van der Waals surface area (Å²) in [5.74, 6) is 0. The van der Waals surface area contributed by atoms with Gasteiger partial charge < -0.3 is 9.98 Å². The first-order valence-electron chi connectivity index (χ1n) is 8.56. The van der Waals surface area contributed by atoms with Gasteiger partial charge in [0.05, 0.1) is 0 Å². The largest absolute Gasteiger partial charge is 0.410 e. The van der Waals surface area contributed by atoms with E-state index in [4.69, 9.17) is 0 Å². The summed E-state index contributed by atoms with van der Waals surface area (Å²) in [5.41, 5.74) is 4.62. The molecule has 0 aliphatic carbocycles. The minimum Gasteiger partial charge on any atom is -0.410 e. The number of aromatic nitrogens is 2. The predicted octanol–water partition coefficient (Wildman–Crippen LogP) is 5.36. The molecule has 2 aromatic carbocycles. The minimum atomic E-state index is 0. The summed E-state index contributed by atoms with van der Waals surface area (Å²) in [6.07, 6.45) is 6.44. The molecule has 2 heterocycles. The van der Waals surface area contributed by atoms with Crippen LogP contribution in [0.25, 0.3) is 11.3 Å². The number of para-hydroxylation sites is 1. The minimum absolute atomic E-state index is 0. The third kappa shape index (κ3) is 8.62. The number of hydrogen-bond donors (Lipinski definition) is 0. The second kappa shape index (κ2) is 14.2. The van der Waals surface area contributed by atoms with Crippen molar-refractivity contribution in [2.24, 2.45) is 4.99 Å². The maximum atomic E-state index is 4.22. The molecule has 0 amide bonds. The van der Waals surface area contributed by atoms with Crippen molar-refractivity contribution in [3.05, 3.63) is 115 Å². The van der Waals surface area contributed by atoms with Gasteiger partial charge >= 0.3 is 0 Å². The van der Waals surface area contributed by atoms with Crippen molar-refractivity contribution in [1.29, 1.82) is 0 Å². The first-order valence-corrected chi connectivity index (χ1v) is 8.56. The van der Waals surface area contributed by atoms with Gasteiger partial charge in [0.15, 0.2) is 0 Å².